The van der Waals surface area contributed by atoms with E-state index < -0.39 is 0 Å². The highest BCUT2D eigenvalue weighted by atomic mass is 16.5. The van der Waals surface area contributed by atoms with Crippen LogP contribution in [0, 0.1) is 5.92 Å². The molecule has 1 rings (SSSR count). The molecular weight excluding hydrogens is 282 g/mol. The van der Waals surface area contributed by atoms with Gasteiger partial charge >= 0.3 is 0 Å². The predicted octanol–water partition coefficient (Wildman–Crippen LogP) is 6.21. The maximum Gasteiger partial charge on any atom is 0.108 e. The molecule has 2 atom stereocenters. The SMILES string of the molecule is C=CC(CCCCCCCCC)NC(CCC1CCCC1)OC. The lowest BCUT2D eigenvalue weighted by molar-refractivity contribution is 0.0546. The third-order valence-corrected chi connectivity index (χ3v) is 5.40. The Bertz CT molecular complexity index is 273. The Morgan fingerprint density at radius 1 is 1.04 bits per heavy atom. The summed E-state index contributed by atoms with van der Waals surface area (Å²) in [5, 5.41) is 3.65. The topological polar surface area (TPSA) is 21.3 Å². The molecule has 1 saturated carbocycles. The van der Waals surface area contributed by atoms with Gasteiger partial charge in [0, 0.05) is 13.2 Å². The lowest BCUT2D eigenvalue weighted by Gasteiger charge is -2.24. The van der Waals surface area contributed by atoms with Gasteiger partial charge in [-0.2, -0.15) is 0 Å². The molecule has 0 aromatic rings. The van der Waals surface area contributed by atoms with Gasteiger partial charge in [-0.15, -0.1) is 6.58 Å². The van der Waals surface area contributed by atoms with E-state index >= 15 is 0 Å². The van der Waals surface area contributed by atoms with E-state index in [1.165, 1.54) is 83.5 Å². The molecule has 2 nitrogen and oxygen atoms in total. The van der Waals surface area contributed by atoms with Gasteiger partial charge in [0.1, 0.15) is 6.23 Å². The van der Waals surface area contributed by atoms with Crippen molar-refractivity contribution in [1.82, 2.24) is 5.32 Å². The Morgan fingerprint density at radius 3 is 2.30 bits per heavy atom. The van der Waals surface area contributed by atoms with Crippen molar-refractivity contribution in [3.8, 4) is 0 Å². The van der Waals surface area contributed by atoms with E-state index in [1.807, 2.05) is 7.11 Å². The normalized spacial score (nSPS) is 18.2. The van der Waals surface area contributed by atoms with Crippen LogP contribution in [0.3, 0.4) is 0 Å². The van der Waals surface area contributed by atoms with Gasteiger partial charge in [0.15, 0.2) is 0 Å². The maximum absolute atomic E-state index is 5.66. The minimum Gasteiger partial charge on any atom is -0.367 e. The fourth-order valence-corrected chi connectivity index (χ4v) is 3.78. The van der Waals surface area contributed by atoms with Crippen LogP contribution in [0.5, 0.6) is 0 Å². The highest BCUT2D eigenvalue weighted by Crippen LogP contribution is 2.29. The summed E-state index contributed by atoms with van der Waals surface area (Å²) in [6.45, 7) is 6.28. The van der Waals surface area contributed by atoms with Crippen molar-refractivity contribution < 1.29 is 4.74 Å². The molecule has 2 heteroatoms. The number of rotatable bonds is 15. The summed E-state index contributed by atoms with van der Waals surface area (Å²) >= 11 is 0. The number of nitrogens with one attached hydrogen (secondary N) is 1. The first-order chi connectivity index (χ1) is 11.3. The van der Waals surface area contributed by atoms with E-state index in [4.69, 9.17) is 4.74 Å². The summed E-state index contributed by atoms with van der Waals surface area (Å²) in [6, 6.07) is 0.402. The molecule has 0 heterocycles. The van der Waals surface area contributed by atoms with Crippen LogP contribution in [0.4, 0.5) is 0 Å². The summed E-state index contributed by atoms with van der Waals surface area (Å²) in [7, 11) is 1.83. The molecule has 1 aliphatic carbocycles. The summed E-state index contributed by atoms with van der Waals surface area (Å²) in [6.07, 6.45) is 21.2. The summed E-state index contributed by atoms with van der Waals surface area (Å²) in [4.78, 5) is 0. The largest absolute Gasteiger partial charge is 0.367 e. The van der Waals surface area contributed by atoms with Crippen LogP contribution in [0.25, 0.3) is 0 Å². The van der Waals surface area contributed by atoms with Crippen LogP contribution < -0.4 is 5.32 Å². The third-order valence-electron chi connectivity index (χ3n) is 5.40. The Balaban J connectivity index is 2.10. The zero-order valence-corrected chi connectivity index (χ0v) is 15.8. The second-order valence-electron chi connectivity index (χ2n) is 7.37. The zero-order valence-electron chi connectivity index (χ0n) is 15.8. The summed E-state index contributed by atoms with van der Waals surface area (Å²) < 4.78 is 5.66. The van der Waals surface area contributed by atoms with E-state index in [1.54, 1.807) is 0 Å². The van der Waals surface area contributed by atoms with Gasteiger partial charge in [-0.1, -0.05) is 83.6 Å². The molecule has 0 aliphatic heterocycles. The van der Waals surface area contributed by atoms with Gasteiger partial charge in [-0.05, 0) is 25.2 Å². The highest BCUT2D eigenvalue weighted by molar-refractivity contribution is 4.86. The fraction of sp³-hybridized carbons (Fsp3) is 0.905. The van der Waals surface area contributed by atoms with Crippen molar-refractivity contribution >= 4 is 0 Å². The molecular formula is C21H41NO. The van der Waals surface area contributed by atoms with E-state index in [0.717, 1.165) is 12.3 Å². The average molecular weight is 324 g/mol. The molecule has 136 valence electrons. The lowest BCUT2D eigenvalue weighted by atomic mass is 10.0. The van der Waals surface area contributed by atoms with Gasteiger partial charge in [-0.25, -0.2) is 0 Å². The molecule has 0 amide bonds. The van der Waals surface area contributed by atoms with Crippen LogP contribution in [-0.2, 0) is 4.74 Å². The number of ether oxygens (including phenoxy) is 1. The summed E-state index contributed by atoms with van der Waals surface area (Å²) in [5.74, 6) is 0.944. The first-order valence-corrected chi connectivity index (χ1v) is 10.2. The van der Waals surface area contributed by atoms with Crippen molar-refractivity contribution in [3.05, 3.63) is 12.7 Å². The molecule has 23 heavy (non-hydrogen) atoms. The molecule has 0 radical (unpaired) electrons. The van der Waals surface area contributed by atoms with Gasteiger partial charge in [-0.3, -0.25) is 5.32 Å². The number of methoxy groups -OCH3 is 1. The van der Waals surface area contributed by atoms with Gasteiger partial charge in [0.25, 0.3) is 0 Å². The Morgan fingerprint density at radius 2 is 1.70 bits per heavy atom. The van der Waals surface area contributed by atoms with Crippen molar-refractivity contribution in [2.45, 2.75) is 109 Å². The van der Waals surface area contributed by atoms with Crippen LogP contribution in [0.15, 0.2) is 12.7 Å². The quantitative estimate of drug-likeness (QED) is 0.220. The van der Waals surface area contributed by atoms with Crippen LogP contribution >= 0.6 is 0 Å². The van der Waals surface area contributed by atoms with E-state index in [-0.39, 0.29) is 6.23 Å². The smallest absolute Gasteiger partial charge is 0.108 e. The molecule has 1 aliphatic rings. The second kappa shape index (κ2) is 14.0. The second-order valence-corrected chi connectivity index (χ2v) is 7.37. The van der Waals surface area contributed by atoms with Gasteiger partial charge in [0.2, 0.25) is 0 Å². The molecule has 0 aromatic carbocycles. The predicted molar refractivity (Wildman–Crippen MR) is 102 cm³/mol. The van der Waals surface area contributed by atoms with E-state index in [9.17, 15) is 0 Å². The number of hydrogen-bond acceptors (Lipinski definition) is 2. The molecule has 0 spiro atoms. The standard InChI is InChI=1S/C21H41NO/c1-4-6-7-8-9-10-11-16-20(5-2)22-21(23-3)18-17-19-14-12-13-15-19/h5,19-22H,2,4,6-18H2,1,3H3. The van der Waals surface area contributed by atoms with Crippen molar-refractivity contribution in [1.29, 1.82) is 0 Å². The van der Waals surface area contributed by atoms with Crippen LogP contribution in [0.1, 0.15) is 96.8 Å². The number of hydrogen-bond donors (Lipinski definition) is 1. The average Bonchev–Trinajstić information content (AvgIpc) is 3.09. The zero-order chi connectivity index (χ0) is 16.8. The van der Waals surface area contributed by atoms with E-state index in [2.05, 4.69) is 24.9 Å². The van der Waals surface area contributed by atoms with E-state index in [0.29, 0.717) is 6.04 Å². The number of unbranched alkanes of at least 4 members (excludes halogenated alkanes) is 6. The Labute approximate surface area is 145 Å². The van der Waals surface area contributed by atoms with Gasteiger partial charge in [0.05, 0.1) is 0 Å². The van der Waals surface area contributed by atoms with Gasteiger partial charge < -0.3 is 4.74 Å². The fourth-order valence-electron chi connectivity index (χ4n) is 3.78. The summed E-state index contributed by atoms with van der Waals surface area (Å²) in [5.41, 5.74) is 0. The maximum atomic E-state index is 5.66. The molecule has 0 aromatic heterocycles. The third kappa shape index (κ3) is 10.2. The monoisotopic (exact) mass is 323 g/mol. The first-order valence-electron chi connectivity index (χ1n) is 10.2. The molecule has 1 N–H and O–H groups in total. The van der Waals surface area contributed by atoms with Crippen molar-refractivity contribution in [3.63, 3.8) is 0 Å². The minimum atomic E-state index is 0.197. The van der Waals surface area contributed by atoms with Crippen LogP contribution in [-0.4, -0.2) is 19.4 Å². The molecule has 0 saturated heterocycles. The lowest BCUT2D eigenvalue weighted by Crippen LogP contribution is -2.38. The molecule has 2 unspecified atom stereocenters. The van der Waals surface area contributed by atoms with Crippen LogP contribution in [0.2, 0.25) is 0 Å². The minimum absolute atomic E-state index is 0.197. The first kappa shape index (κ1) is 20.7. The molecule has 0 bridgehead atoms. The van der Waals surface area contributed by atoms with Crippen molar-refractivity contribution in [2.24, 2.45) is 5.92 Å². The van der Waals surface area contributed by atoms with Crippen molar-refractivity contribution in [2.75, 3.05) is 7.11 Å². The highest BCUT2D eigenvalue weighted by Gasteiger charge is 2.18. The molecule has 1 fully saturated rings. The Hall–Kier alpha value is -0.340. The Kier molecular flexibility index (Phi) is 12.6.